The van der Waals surface area contributed by atoms with Crippen molar-refractivity contribution < 1.29 is 14.3 Å². The van der Waals surface area contributed by atoms with E-state index in [0.717, 1.165) is 10.2 Å². The van der Waals surface area contributed by atoms with Gasteiger partial charge >= 0.3 is 0 Å². The summed E-state index contributed by atoms with van der Waals surface area (Å²) in [7, 11) is 3.01. The van der Waals surface area contributed by atoms with E-state index < -0.39 is 11.5 Å². The Morgan fingerprint density at radius 3 is 2.31 bits per heavy atom. The molecule has 11 heteroatoms. The number of aryl methyl sites for hydroxylation is 1. The van der Waals surface area contributed by atoms with Crippen LogP contribution in [0.4, 0.5) is 5.69 Å². The van der Waals surface area contributed by atoms with Crippen molar-refractivity contribution in [3.8, 4) is 28.3 Å². The van der Waals surface area contributed by atoms with Gasteiger partial charge in [-0.15, -0.1) is 0 Å². The van der Waals surface area contributed by atoms with Gasteiger partial charge in [0, 0.05) is 42.0 Å². The summed E-state index contributed by atoms with van der Waals surface area (Å²) in [6, 6.07) is 15.5. The van der Waals surface area contributed by atoms with Crippen molar-refractivity contribution in [3.05, 3.63) is 92.3 Å². The number of benzene rings is 2. The molecule has 2 N–H and O–H groups in total. The fourth-order valence-corrected chi connectivity index (χ4v) is 5.24. The lowest BCUT2D eigenvalue weighted by Crippen LogP contribution is -2.39. The number of pyridine rings is 1. The van der Waals surface area contributed by atoms with Gasteiger partial charge in [0.15, 0.2) is 0 Å². The number of nitrogens with one attached hydrogen (secondary N) is 2. The molecular formula is C31H31Cl2N5O4. The zero-order valence-electron chi connectivity index (χ0n) is 23.9. The number of aromatic nitrogens is 3. The number of amides is 1. The number of halogens is 2. The summed E-state index contributed by atoms with van der Waals surface area (Å²) in [4.78, 5) is 41.9. The molecule has 2 heterocycles. The highest BCUT2D eigenvalue weighted by Gasteiger charge is 2.21. The molecule has 0 unspecified atom stereocenters. The van der Waals surface area contributed by atoms with Crippen LogP contribution in [0.1, 0.15) is 36.7 Å². The van der Waals surface area contributed by atoms with Crippen molar-refractivity contribution in [2.45, 2.75) is 33.4 Å². The average Bonchev–Trinajstić information content (AvgIpc) is 2.95. The molecule has 0 fully saturated rings. The maximum absolute atomic E-state index is 12.9. The quantitative estimate of drug-likeness (QED) is 0.235. The molecule has 2 aromatic heterocycles. The highest BCUT2D eigenvalue weighted by atomic mass is 35.5. The van der Waals surface area contributed by atoms with Gasteiger partial charge in [-0.25, -0.2) is 9.67 Å². The standard InChI is InChI=1S/C31H31Cl2N5O4/c1-17(2)28(18(3)39)34-16-19-12-13-24(37-30(19)42-5)22-10-6-8-20(26(22)32)21-9-7-11-25(27(21)33)36-29(40)23-14-15-35-38(4)31(23)41/h6-15,17,28,34H,16H2,1-5H3,(H,36,40)/t28-/m0/s1. The predicted octanol–water partition coefficient (Wildman–Crippen LogP) is 5.78. The SMILES string of the molecule is COc1nc(-c2cccc(-c3cccc(NC(=O)c4ccnn(C)c4=O)c3Cl)c2Cl)ccc1CN[C@H](C(C)=O)C(C)C. The highest BCUT2D eigenvalue weighted by molar-refractivity contribution is 6.39. The van der Waals surface area contributed by atoms with Crippen molar-refractivity contribution in [2.75, 3.05) is 12.4 Å². The Morgan fingerprint density at radius 2 is 1.64 bits per heavy atom. The first-order valence-electron chi connectivity index (χ1n) is 13.2. The second kappa shape index (κ2) is 13.3. The van der Waals surface area contributed by atoms with E-state index in [9.17, 15) is 14.4 Å². The smallest absolute Gasteiger partial charge is 0.279 e. The maximum Gasteiger partial charge on any atom is 0.279 e. The molecule has 4 rings (SSSR count). The topological polar surface area (TPSA) is 115 Å². The summed E-state index contributed by atoms with van der Waals surface area (Å²) in [5.41, 5.74) is 2.99. The molecule has 4 aromatic rings. The number of hydrogen-bond acceptors (Lipinski definition) is 7. The molecule has 0 bridgehead atoms. The Morgan fingerprint density at radius 1 is 0.976 bits per heavy atom. The van der Waals surface area contributed by atoms with Crippen molar-refractivity contribution in [1.82, 2.24) is 20.1 Å². The predicted molar refractivity (Wildman–Crippen MR) is 165 cm³/mol. The second-order valence-electron chi connectivity index (χ2n) is 10.0. The highest BCUT2D eigenvalue weighted by Crippen LogP contribution is 2.41. The number of methoxy groups -OCH3 is 1. The van der Waals surface area contributed by atoms with Crippen LogP contribution in [0.3, 0.4) is 0 Å². The van der Waals surface area contributed by atoms with Gasteiger partial charge in [0.05, 0.1) is 34.6 Å². The fraction of sp³-hybridized carbons (Fsp3) is 0.258. The Kier molecular flexibility index (Phi) is 9.78. The van der Waals surface area contributed by atoms with E-state index >= 15 is 0 Å². The van der Waals surface area contributed by atoms with Gasteiger partial charge in [-0.05, 0) is 31.0 Å². The number of Topliss-reactive ketones (excluding diaryl/α,β-unsaturated/α-hetero) is 1. The molecule has 2 aromatic carbocycles. The van der Waals surface area contributed by atoms with Crippen LogP contribution in [-0.2, 0) is 18.4 Å². The molecular weight excluding hydrogens is 577 g/mol. The van der Waals surface area contributed by atoms with Crippen LogP contribution in [-0.4, -0.2) is 39.6 Å². The Labute approximate surface area is 253 Å². The monoisotopic (exact) mass is 607 g/mol. The van der Waals surface area contributed by atoms with Gasteiger partial charge in [0.1, 0.15) is 11.3 Å². The van der Waals surface area contributed by atoms with Gasteiger partial charge in [-0.1, -0.05) is 73.4 Å². The van der Waals surface area contributed by atoms with Gasteiger partial charge in [0.2, 0.25) is 5.88 Å². The minimum atomic E-state index is -0.606. The number of nitrogens with zero attached hydrogens (tertiary/aromatic N) is 3. The second-order valence-corrected chi connectivity index (χ2v) is 10.8. The molecule has 1 amide bonds. The van der Waals surface area contributed by atoms with E-state index in [4.69, 9.17) is 32.9 Å². The number of ether oxygens (including phenoxy) is 1. The van der Waals surface area contributed by atoms with Crippen LogP contribution in [0.5, 0.6) is 5.88 Å². The molecule has 218 valence electrons. The number of rotatable bonds is 10. The van der Waals surface area contributed by atoms with Gasteiger partial charge < -0.3 is 15.4 Å². The lowest BCUT2D eigenvalue weighted by atomic mass is 9.99. The lowest BCUT2D eigenvalue weighted by molar-refractivity contribution is -0.120. The van der Waals surface area contributed by atoms with Crippen molar-refractivity contribution in [3.63, 3.8) is 0 Å². The minimum Gasteiger partial charge on any atom is -0.481 e. The molecule has 0 saturated heterocycles. The number of carbonyl (C=O) groups is 2. The first-order chi connectivity index (χ1) is 20.0. The fourth-order valence-electron chi connectivity index (χ4n) is 4.64. The summed E-state index contributed by atoms with van der Waals surface area (Å²) < 4.78 is 6.65. The number of carbonyl (C=O) groups excluding carboxylic acids is 2. The van der Waals surface area contributed by atoms with E-state index in [1.165, 1.54) is 19.3 Å². The first-order valence-corrected chi connectivity index (χ1v) is 14.0. The van der Waals surface area contributed by atoms with E-state index in [0.29, 0.717) is 45.5 Å². The largest absolute Gasteiger partial charge is 0.481 e. The zero-order valence-corrected chi connectivity index (χ0v) is 25.4. The molecule has 0 spiro atoms. The summed E-state index contributed by atoms with van der Waals surface area (Å²) in [5, 5.41) is 10.5. The third kappa shape index (κ3) is 6.54. The molecule has 0 aliphatic rings. The number of ketones is 1. The molecule has 0 saturated carbocycles. The van der Waals surface area contributed by atoms with Gasteiger partial charge in [0.25, 0.3) is 11.5 Å². The number of anilines is 1. The Bertz CT molecular complexity index is 1700. The normalized spacial score (nSPS) is 11.8. The zero-order chi connectivity index (χ0) is 30.6. The summed E-state index contributed by atoms with van der Waals surface area (Å²) >= 11 is 13.7. The first kappa shape index (κ1) is 30.9. The molecule has 42 heavy (non-hydrogen) atoms. The summed E-state index contributed by atoms with van der Waals surface area (Å²) in [6.45, 7) is 5.97. The van der Waals surface area contributed by atoms with Crippen LogP contribution in [0.2, 0.25) is 10.0 Å². The molecule has 0 aliphatic heterocycles. The minimum absolute atomic E-state index is 0.0614. The lowest BCUT2D eigenvalue weighted by Gasteiger charge is -2.20. The van der Waals surface area contributed by atoms with Gasteiger partial charge in [-0.2, -0.15) is 5.10 Å². The van der Waals surface area contributed by atoms with Crippen LogP contribution in [0.25, 0.3) is 22.4 Å². The van der Waals surface area contributed by atoms with Crippen molar-refractivity contribution in [1.29, 1.82) is 0 Å². The van der Waals surface area contributed by atoms with Crippen LogP contribution in [0, 0.1) is 5.92 Å². The van der Waals surface area contributed by atoms with E-state index in [1.807, 2.05) is 44.2 Å². The van der Waals surface area contributed by atoms with Crippen LogP contribution < -0.4 is 20.9 Å². The maximum atomic E-state index is 12.9. The van der Waals surface area contributed by atoms with Crippen molar-refractivity contribution in [2.24, 2.45) is 13.0 Å². The molecule has 0 radical (unpaired) electrons. The van der Waals surface area contributed by atoms with Crippen LogP contribution in [0.15, 0.2) is 65.6 Å². The Hall–Kier alpha value is -4.05. The van der Waals surface area contributed by atoms with Gasteiger partial charge in [-0.3, -0.25) is 14.4 Å². The van der Waals surface area contributed by atoms with E-state index in [1.54, 1.807) is 32.2 Å². The van der Waals surface area contributed by atoms with E-state index in [2.05, 4.69) is 15.7 Å². The molecule has 9 nitrogen and oxygen atoms in total. The number of hydrogen-bond donors (Lipinski definition) is 2. The van der Waals surface area contributed by atoms with Crippen LogP contribution >= 0.6 is 23.2 Å². The third-order valence-electron chi connectivity index (χ3n) is 6.81. The van der Waals surface area contributed by atoms with E-state index in [-0.39, 0.29) is 28.3 Å². The summed E-state index contributed by atoms with van der Waals surface area (Å²) in [6.07, 6.45) is 1.38. The summed E-state index contributed by atoms with van der Waals surface area (Å²) in [5.74, 6) is 0.0216. The average molecular weight is 609 g/mol. The molecule has 1 atom stereocenters. The Balaban J connectivity index is 1.65. The third-order valence-corrected chi connectivity index (χ3v) is 7.63. The molecule has 0 aliphatic carbocycles. The van der Waals surface area contributed by atoms with Crippen molar-refractivity contribution >= 4 is 40.6 Å².